The Morgan fingerprint density at radius 1 is 1.23 bits per heavy atom. The molecule has 1 aliphatic heterocycles. The van der Waals surface area contributed by atoms with E-state index in [2.05, 4.69) is 5.32 Å². The number of anilines is 1. The zero-order valence-corrected chi connectivity index (χ0v) is 14.9. The summed E-state index contributed by atoms with van der Waals surface area (Å²) in [5.74, 6) is 0.848. The maximum absolute atomic E-state index is 12.3. The molecular formula is C19H19ClN2O4. The van der Waals surface area contributed by atoms with Crippen molar-refractivity contribution in [2.24, 2.45) is 0 Å². The first kappa shape index (κ1) is 18.1. The molecule has 2 amide bonds. The van der Waals surface area contributed by atoms with E-state index >= 15 is 0 Å². The largest absolute Gasteiger partial charge is 0.492 e. The number of nitrogens with zero attached hydrogens (tertiary/aromatic N) is 1. The summed E-state index contributed by atoms with van der Waals surface area (Å²) < 4.78 is 11.1. The van der Waals surface area contributed by atoms with Gasteiger partial charge in [-0.3, -0.25) is 14.5 Å². The normalized spacial score (nSPS) is 13.4. The number of ether oxygens (including phenoxy) is 2. The molecule has 0 saturated heterocycles. The molecule has 7 heteroatoms. The molecule has 1 N–H and O–H groups in total. The van der Waals surface area contributed by atoms with Gasteiger partial charge in [0.1, 0.15) is 24.7 Å². The van der Waals surface area contributed by atoms with Gasteiger partial charge in [-0.1, -0.05) is 29.8 Å². The Morgan fingerprint density at radius 3 is 2.92 bits per heavy atom. The summed E-state index contributed by atoms with van der Waals surface area (Å²) in [6.45, 7) is 0.878. The summed E-state index contributed by atoms with van der Waals surface area (Å²) in [7, 11) is 0. The topological polar surface area (TPSA) is 67.9 Å². The molecule has 0 spiro atoms. The average Bonchev–Trinajstić information content (AvgIpc) is 2.78. The van der Waals surface area contributed by atoms with Crippen molar-refractivity contribution in [3.05, 3.63) is 53.6 Å². The Balaban J connectivity index is 1.52. The Labute approximate surface area is 156 Å². The minimum absolute atomic E-state index is 0.0592. The third kappa shape index (κ3) is 4.67. The van der Waals surface area contributed by atoms with Crippen molar-refractivity contribution < 1.29 is 19.1 Å². The fourth-order valence-corrected chi connectivity index (χ4v) is 2.79. The zero-order chi connectivity index (χ0) is 18.4. The van der Waals surface area contributed by atoms with Gasteiger partial charge in [-0.05, 0) is 30.3 Å². The molecule has 136 valence electrons. The van der Waals surface area contributed by atoms with Gasteiger partial charge < -0.3 is 14.8 Å². The highest BCUT2D eigenvalue weighted by Gasteiger charge is 2.24. The van der Waals surface area contributed by atoms with Gasteiger partial charge in [-0.15, -0.1) is 0 Å². The molecule has 1 aliphatic rings. The van der Waals surface area contributed by atoms with E-state index < -0.39 is 0 Å². The van der Waals surface area contributed by atoms with Gasteiger partial charge in [0.2, 0.25) is 11.8 Å². The third-order valence-electron chi connectivity index (χ3n) is 3.82. The van der Waals surface area contributed by atoms with Crippen LogP contribution in [0.3, 0.4) is 0 Å². The monoisotopic (exact) mass is 374 g/mol. The van der Waals surface area contributed by atoms with Crippen molar-refractivity contribution in [1.82, 2.24) is 5.32 Å². The van der Waals surface area contributed by atoms with Crippen LogP contribution in [0.4, 0.5) is 5.69 Å². The van der Waals surface area contributed by atoms with Crippen LogP contribution < -0.4 is 19.7 Å². The first-order chi connectivity index (χ1) is 12.6. The second kappa shape index (κ2) is 8.58. The van der Waals surface area contributed by atoms with Crippen molar-refractivity contribution in [2.45, 2.75) is 6.42 Å². The van der Waals surface area contributed by atoms with Crippen molar-refractivity contribution in [1.29, 1.82) is 0 Å². The molecule has 1 heterocycles. The van der Waals surface area contributed by atoms with Crippen LogP contribution in [-0.2, 0) is 9.59 Å². The number of nitrogens with one attached hydrogen (secondary N) is 1. The lowest BCUT2D eigenvalue weighted by atomic mass is 10.2. The van der Waals surface area contributed by atoms with Gasteiger partial charge >= 0.3 is 0 Å². The standard InChI is InChI=1S/C19H19ClN2O4/c20-14-4-3-5-15(12-14)25-11-9-21-18(23)13-22-16-6-1-2-7-17(16)26-10-8-19(22)24/h1-7,12H,8-11,13H2,(H,21,23). The quantitative estimate of drug-likeness (QED) is 0.789. The Morgan fingerprint density at radius 2 is 2.08 bits per heavy atom. The SMILES string of the molecule is O=C(CN1C(=O)CCOc2ccccc21)NCCOc1cccc(Cl)c1. The highest BCUT2D eigenvalue weighted by molar-refractivity contribution is 6.30. The maximum Gasteiger partial charge on any atom is 0.240 e. The van der Waals surface area contributed by atoms with E-state index in [1.807, 2.05) is 12.1 Å². The van der Waals surface area contributed by atoms with E-state index in [1.165, 1.54) is 4.90 Å². The molecule has 0 aliphatic carbocycles. The molecule has 2 aromatic carbocycles. The number of hydrogen-bond donors (Lipinski definition) is 1. The second-order valence-electron chi connectivity index (χ2n) is 5.70. The lowest BCUT2D eigenvalue weighted by molar-refractivity contribution is -0.124. The highest BCUT2D eigenvalue weighted by Crippen LogP contribution is 2.30. The summed E-state index contributed by atoms with van der Waals surface area (Å²) in [5, 5.41) is 3.34. The van der Waals surface area contributed by atoms with E-state index in [1.54, 1.807) is 36.4 Å². The van der Waals surface area contributed by atoms with Gasteiger partial charge in [0.05, 0.1) is 25.3 Å². The number of para-hydroxylation sites is 2. The molecular weight excluding hydrogens is 356 g/mol. The van der Waals surface area contributed by atoms with Gasteiger partial charge in [0.15, 0.2) is 0 Å². The van der Waals surface area contributed by atoms with Gasteiger partial charge in [-0.2, -0.15) is 0 Å². The number of benzene rings is 2. The minimum atomic E-state index is -0.259. The fourth-order valence-electron chi connectivity index (χ4n) is 2.61. The summed E-state index contributed by atoms with van der Waals surface area (Å²) in [5.41, 5.74) is 0.611. The third-order valence-corrected chi connectivity index (χ3v) is 4.06. The summed E-state index contributed by atoms with van der Waals surface area (Å²) in [6.07, 6.45) is 0.236. The number of hydrogen-bond acceptors (Lipinski definition) is 4. The number of halogens is 1. The molecule has 0 radical (unpaired) electrons. The van der Waals surface area contributed by atoms with Crippen LogP contribution in [0.2, 0.25) is 5.02 Å². The van der Waals surface area contributed by atoms with Crippen LogP contribution in [0.15, 0.2) is 48.5 Å². The smallest absolute Gasteiger partial charge is 0.240 e. The number of carbonyl (C=O) groups is 2. The van der Waals surface area contributed by atoms with E-state index in [-0.39, 0.29) is 24.8 Å². The lowest BCUT2D eigenvalue weighted by Gasteiger charge is -2.21. The number of carbonyl (C=O) groups excluding carboxylic acids is 2. The molecule has 2 aromatic rings. The summed E-state index contributed by atoms with van der Waals surface area (Å²) in [6, 6.07) is 14.3. The Hall–Kier alpha value is -2.73. The van der Waals surface area contributed by atoms with E-state index in [0.29, 0.717) is 42.0 Å². The van der Waals surface area contributed by atoms with Gasteiger partial charge in [0.25, 0.3) is 0 Å². The molecule has 0 aromatic heterocycles. The molecule has 0 atom stereocenters. The van der Waals surface area contributed by atoms with Crippen LogP contribution in [0.25, 0.3) is 0 Å². The number of amides is 2. The Kier molecular flexibility index (Phi) is 5.96. The van der Waals surface area contributed by atoms with Crippen LogP contribution >= 0.6 is 11.6 Å². The lowest BCUT2D eigenvalue weighted by Crippen LogP contribution is -2.41. The highest BCUT2D eigenvalue weighted by atomic mass is 35.5. The molecule has 26 heavy (non-hydrogen) atoms. The molecule has 0 fully saturated rings. The van der Waals surface area contributed by atoms with E-state index in [0.717, 1.165) is 0 Å². The molecule has 0 saturated carbocycles. The zero-order valence-electron chi connectivity index (χ0n) is 14.1. The van der Waals surface area contributed by atoms with Crippen LogP contribution in [-0.4, -0.2) is 38.1 Å². The van der Waals surface area contributed by atoms with Crippen molar-refractivity contribution >= 4 is 29.1 Å². The number of rotatable bonds is 6. The Bertz CT molecular complexity index is 797. The number of fused-ring (bicyclic) bond motifs is 1. The van der Waals surface area contributed by atoms with E-state index in [4.69, 9.17) is 21.1 Å². The average molecular weight is 375 g/mol. The van der Waals surface area contributed by atoms with Crippen molar-refractivity contribution in [3.8, 4) is 11.5 Å². The fraction of sp³-hybridized carbons (Fsp3) is 0.263. The van der Waals surface area contributed by atoms with Crippen molar-refractivity contribution in [3.63, 3.8) is 0 Å². The maximum atomic E-state index is 12.3. The van der Waals surface area contributed by atoms with E-state index in [9.17, 15) is 9.59 Å². The molecule has 0 bridgehead atoms. The predicted octanol–water partition coefficient (Wildman–Crippen LogP) is 2.65. The van der Waals surface area contributed by atoms with Crippen molar-refractivity contribution in [2.75, 3.05) is 31.2 Å². The molecule has 0 unspecified atom stereocenters. The summed E-state index contributed by atoms with van der Waals surface area (Å²) in [4.78, 5) is 26.0. The minimum Gasteiger partial charge on any atom is -0.492 e. The second-order valence-corrected chi connectivity index (χ2v) is 6.14. The van der Waals surface area contributed by atoms with Crippen LogP contribution in [0, 0.1) is 0 Å². The first-order valence-corrected chi connectivity index (χ1v) is 8.68. The van der Waals surface area contributed by atoms with Crippen LogP contribution in [0.1, 0.15) is 6.42 Å². The molecule has 6 nitrogen and oxygen atoms in total. The van der Waals surface area contributed by atoms with Crippen LogP contribution in [0.5, 0.6) is 11.5 Å². The predicted molar refractivity (Wildman–Crippen MR) is 98.9 cm³/mol. The summed E-state index contributed by atoms with van der Waals surface area (Å²) >= 11 is 5.89. The van der Waals surface area contributed by atoms with Gasteiger partial charge in [0, 0.05) is 5.02 Å². The van der Waals surface area contributed by atoms with Gasteiger partial charge in [-0.25, -0.2) is 0 Å². The molecule has 3 rings (SSSR count). The first-order valence-electron chi connectivity index (χ1n) is 8.31.